The summed E-state index contributed by atoms with van der Waals surface area (Å²) in [5.41, 5.74) is 12.5. The van der Waals surface area contributed by atoms with Crippen LogP contribution in [0.25, 0.3) is 16.6 Å². The molecule has 28 heavy (non-hydrogen) atoms. The lowest BCUT2D eigenvalue weighted by Crippen LogP contribution is -2.08. The molecule has 3 aromatic heterocycles. The van der Waals surface area contributed by atoms with Crippen LogP contribution in [0.4, 0.5) is 11.5 Å². The largest absolute Gasteiger partial charge is 0.383 e. The molecule has 0 bridgehead atoms. The lowest BCUT2D eigenvalue weighted by atomic mass is 10.1. The summed E-state index contributed by atoms with van der Waals surface area (Å²) in [5, 5.41) is 5.26. The maximum Gasteiger partial charge on any atom is 0.214 e. The van der Waals surface area contributed by atoms with Crippen LogP contribution in [0, 0.1) is 20.8 Å². The van der Waals surface area contributed by atoms with Gasteiger partial charge >= 0.3 is 0 Å². The second-order valence-corrected chi connectivity index (χ2v) is 7.07. The highest BCUT2D eigenvalue weighted by molar-refractivity contribution is 7.81. The third kappa shape index (κ3) is 2.91. The fraction of sp³-hybridized carbons (Fsp3) is 0.150. The van der Waals surface area contributed by atoms with Gasteiger partial charge in [-0.1, -0.05) is 12.8 Å². The summed E-state index contributed by atoms with van der Waals surface area (Å²) in [5.74, 6) is 0.0713. The first-order chi connectivity index (χ1) is 13.4. The lowest BCUT2D eigenvalue weighted by Gasteiger charge is -2.08. The Bertz CT molecular complexity index is 1220. The molecule has 4 aromatic rings. The van der Waals surface area contributed by atoms with Gasteiger partial charge in [0.15, 0.2) is 0 Å². The van der Waals surface area contributed by atoms with Gasteiger partial charge in [-0.05, 0) is 56.2 Å². The van der Waals surface area contributed by atoms with Crippen molar-refractivity contribution in [3.8, 4) is 5.69 Å². The number of aromatic amines is 1. The van der Waals surface area contributed by atoms with E-state index in [1.54, 1.807) is 10.9 Å². The quantitative estimate of drug-likeness (QED) is 0.313. The van der Waals surface area contributed by atoms with Gasteiger partial charge in [0.1, 0.15) is 5.82 Å². The van der Waals surface area contributed by atoms with Crippen LogP contribution in [0.3, 0.4) is 0 Å². The number of H-pyrrole nitrogens is 1. The van der Waals surface area contributed by atoms with Gasteiger partial charge < -0.3 is 15.4 Å². The second-order valence-electron chi connectivity index (χ2n) is 6.85. The standard InChI is InChI=1S/C20H20N6OS/c1-10-5-13-6-17(24-16(13)7-15(10)25-28)19(27)14-8-23-26(20(14)21)18-9-22-12(3)4-11(18)2/h4-9,24-25,28H,21H2,1-3H3. The molecule has 0 radical (unpaired) electrons. The summed E-state index contributed by atoms with van der Waals surface area (Å²) in [6.45, 7) is 5.86. The molecule has 0 amide bonds. The number of nitrogens with two attached hydrogens (primary N) is 1. The Morgan fingerprint density at radius 1 is 1.14 bits per heavy atom. The molecule has 0 saturated carbocycles. The van der Waals surface area contributed by atoms with Crippen molar-refractivity contribution < 1.29 is 4.79 Å². The topological polar surface area (TPSA) is 102 Å². The third-order valence-electron chi connectivity index (χ3n) is 4.83. The summed E-state index contributed by atoms with van der Waals surface area (Å²) in [7, 11) is 0. The third-order valence-corrected chi connectivity index (χ3v) is 5.07. The molecule has 1 aromatic carbocycles. The molecular formula is C20H20N6OS. The number of anilines is 2. The minimum absolute atomic E-state index is 0.212. The molecule has 0 aliphatic carbocycles. The number of pyridine rings is 1. The first-order valence-electron chi connectivity index (χ1n) is 8.74. The lowest BCUT2D eigenvalue weighted by molar-refractivity contribution is 0.103. The van der Waals surface area contributed by atoms with Gasteiger partial charge in [0.2, 0.25) is 5.78 Å². The van der Waals surface area contributed by atoms with E-state index in [4.69, 9.17) is 5.73 Å². The minimum atomic E-state index is -0.212. The Morgan fingerprint density at radius 3 is 2.64 bits per heavy atom. The van der Waals surface area contributed by atoms with E-state index >= 15 is 0 Å². The van der Waals surface area contributed by atoms with Crippen LogP contribution in [0.5, 0.6) is 0 Å². The monoisotopic (exact) mass is 392 g/mol. The number of fused-ring (bicyclic) bond motifs is 1. The van der Waals surface area contributed by atoms with Gasteiger partial charge in [0.25, 0.3) is 0 Å². The van der Waals surface area contributed by atoms with Crippen LogP contribution in [-0.4, -0.2) is 25.5 Å². The fourth-order valence-corrected chi connectivity index (χ4v) is 3.56. The predicted molar refractivity (Wildman–Crippen MR) is 114 cm³/mol. The number of hydrogen-bond acceptors (Lipinski definition) is 6. The van der Waals surface area contributed by atoms with Crippen LogP contribution in [-0.2, 0) is 0 Å². The van der Waals surface area contributed by atoms with Gasteiger partial charge in [0.05, 0.1) is 29.3 Å². The number of hydrogen-bond donors (Lipinski definition) is 4. The molecular weight excluding hydrogens is 372 g/mol. The zero-order valence-electron chi connectivity index (χ0n) is 15.7. The zero-order valence-corrected chi connectivity index (χ0v) is 16.6. The molecule has 0 aliphatic heterocycles. The van der Waals surface area contributed by atoms with Crippen LogP contribution in [0.2, 0.25) is 0 Å². The number of nitrogens with zero attached hydrogens (tertiary/aromatic N) is 3. The number of rotatable bonds is 4. The maximum absolute atomic E-state index is 13.0. The second kappa shape index (κ2) is 6.72. The predicted octanol–water partition coefficient (Wildman–Crippen LogP) is 3.74. The molecule has 0 spiro atoms. The van der Waals surface area contributed by atoms with Crippen LogP contribution < -0.4 is 10.5 Å². The molecule has 8 heteroatoms. The van der Waals surface area contributed by atoms with E-state index < -0.39 is 0 Å². The van der Waals surface area contributed by atoms with E-state index in [-0.39, 0.29) is 11.6 Å². The number of carbonyl (C=O) groups excluding carboxylic acids is 1. The molecule has 0 saturated heterocycles. The van der Waals surface area contributed by atoms with E-state index in [1.807, 2.05) is 45.0 Å². The Kier molecular flexibility index (Phi) is 4.35. The number of ketones is 1. The number of benzene rings is 1. The van der Waals surface area contributed by atoms with Crippen molar-refractivity contribution in [2.24, 2.45) is 0 Å². The van der Waals surface area contributed by atoms with E-state index in [2.05, 4.69) is 32.6 Å². The van der Waals surface area contributed by atoms with E-state index in [0.717, 1.165) is 39.1 Å². The Labute approximate surface area is 167 Å². The van der Waals surface area contributed by atoms with Crippen molar-refractivity contribution >= 4 is 41.0 Å². The van der Waals surface area contributed by atoms with Crippen LogP contribution in [0.15, 0.2) is 36.7 Å². The first-order valence-corrected chi connectivity index (χ1v) is 9.19. The summed E-state index contributed by atoms with van der Waals surface area (Å²) in [6, 6.07) is 7.69. The normalized spacial score (nSPS) is 11.1. The number of carbonyl (C=O) groups is 1. The van der Waals surface area contributed by atoms with Crippen LogP contribution >= 0.6 is 12.8 Å². The van der Waals surface area contributed by atoms with Gasteiger partial charge in [-0.15, -0.1) is 0 Å². The number of aromatic nitrogens is 4. The highest BCUT2D eigenvalue weighted by Gasteiger charge is 2.20. The minimum Gasteiger partial charge on any atom is -0.383 e. The van der Waals surface area contributed by atoms with E-state index in [1.165, 1.54) is 6.20 Å². The molecule has 4 rings (SSSR count). The molecule has 7 nitrogen and oxygen atoms in total. The fourth-order valence-electron chi connectivity index (χ4n) is 3.32. The Morgan fingerprint density at radius 2 is 1.93 bits per heavy atom. The van der Waals surface area contributed by atoms with Crippen molar-refractivity contribution in [3.05, 3.63) is 64.7 Å². The Balaban J connectivity index is 1.75. The maximum atomic E-state index is 13.0. The van der Waals surface area contributed by atoms with Crippen molar-refractivity contribution in [3.63, 3.8) is 0 Å². The highest BCUT2D eigenvalue weighted by Crippen LogP contribution is 2.27. The highest BCUT2D eigenvalue weighted by atomic mass is 32.1. The molecule has 0 aliphatic rings. The number of nitrogens with one attached hydrogen (secondary N) is 2. The molecule has 0 fully saturated rings. The Hall–Kier alpha value is -3.26. The molecule has 4 N–H and O–H groups in total. The summed E-state index contributed by atoms with van der Waals surface area (Å²) in [4.78, 5) is 20.5. The van der Waals surface area contributed by atoms with Crippen molar-refractivity contribution in [2.75, 3.05) is 10.5 Å². The average molecular weight is 392 g/mol. The van der Waals surface area contributed by atoms with Crippen LogP contribution in [0.1, 0.15) is 32.9 Å². The van der Waals surface area contributed by atoms with Gasteiger partial charge in [-0.25, -0.2) is 4.68 Å². The zero-order chi connectivity index (χ0) is 20.0. The molecule has 0 atom stereocenters. The summed E-state index contributed by atoms with van der Waals surface area (Å²) in [6.07, 6.45) is 3.20. The summed E-state index contributed by atoms with van der Waals surface area (Å²) < 4.78 is 4.39. The molecule has 3 heterocycles. The SMILES string of the molecule is Cc1cc(C)c(-n2ncc(C(=O)c3cc4cc(C)c(NS)cc4[nH]3)c2N)cn1. The number of aryl methyl sites for hydroxylation is 3. The number of nitrogen functional groups attached to an aromatic ring is 1. The van der Waals surface area contributed by atoms with Gasteiger partial charge in [-0.3, -0.25) is 9.78 Å². The van der Waals surface area contributed by atoms with Crippen molar-refractivity contribution in [2.45, 2.75) is 20.8 Å². The summed E-state index contributed by atoms with van der Waals surface area (Å²) >= 11 is 4.11. The average Bonchev–Trinajstić information content (AvgIpc) is 3.24. The van der Waals surface area contributed by atoms with E-state index in [9.17, 15) is 4.79 Å². The molecule has 0 unspecified atom stereocenters. The van der Waals surface area contributed by atoms with Crippen molar-refractivity contribution in [1.82, 2.24) is 19.7 Å². The smallest absolute Gasteiger partial charge is 0.214 e. The van der Waals surface area contributed by atoms with Gasteiger partial charge in [-0.2, -0.15) is 5.10 Å². The van der Waals surface area contributed by atoms with Crippen molar-refractivity contribution in [1.29, 1.82) is 0 Å². The van der Waals surface area contributed by atoms with Gasteiger partial charge in [0, 0.05) is 22.3 Å². The van der Waals surface area contributed by atoms with E-state index in [0.29, 0.717) is 11.3 Å². The first kappa shape index (κ1) is 18.1. The number of thiol groups is 1. The molecule has 142 valence electrons.